The van der Waals surface area contributed by atoms with Gasteiger partial charge in [0.2, 0.25) is 5.88 Å². The Morgan fingerprint density at radius 1 is 1.15 bits per heavy atom. The normalized spacial score (nSPS) is 18.8. The van der Waals surface area contributed by atoms with Gasteiger partial charge in [0.25, 0.3) is 5.91 Å². The van der Waals surface area contributed by atoms with Gasteiger partial charge in [0.05, 0.1) is 29.0 Å². The number of amides is 1. The molecule has 8 nitrogen and oxygen atoms in total. The van der Waals surface area contributed by atoms with Gasteiger partial charge in [-0.15, -0.1) is 0 Å². The Labute approximate surface area is 192 Å². The zero-order chi connectivity index (χ0) is 23.1. The van der Waals surface area contributed by atoms with Gasteiger partial charge in [-0.3, -0.25) is 9.69 Å². The van der Waals surface area contributed by atoms with E-state index in [0.29, 0.717) is 34.6 Å². The van der Waals surface area contributed by atoms with Crippen LogP contribution in [0.3, 0.4) is 0 Å². The van der Waals surface area contributed by atoms with Crippen molar-refractivity contribution in [2.24, 2.45) is 0 Å². The molecule has 3 aromatic rings. The standard InChI is InChI=1S/C25H26N6O2/c1-16-11-18(12-26)3-7-21(16)22-14-28-31(25(22)33)23-8-4-19(13-27-23)24(32)29-9-10-30(17(2)15-29)20-5-6-20/h3-4,7-8,11,13-14,17,20,33H,5-6,9-10,15H2,1-2H3/t17-/m1/s1. The molecule has 33 heavy (non-hydrogen) atoms. The number of aryl methyl sites for hydroxylation is 1. The molecule has 5 rings (SSSR count). The van der Waals surface area contributed by atoms with E-state index in [-0.39, 0.29) is 11.8 Å². The molecule has 1 N–H and O–H groups in total. The van der Waals surface area contributed by atoms with Gasteiger partial charge in [-0.25, -0.2) is 4.98 Å². The van der Waals surface area contributed by atoms with Crippen LogP contribution >= 0.6 is 0 Å². The zero-order valence-electron chi connectivity index (χ0n) is 18.8. The van der Waals surface area contributed by atoms with E-state index in [2.05, 4.69) is 28.0 Å². The molecule has 1 saturated heterocycles. The van der Waals surface area contributed by atoms with Crippen LogP contribution in [0, 0.1) is 18.3 Å². The molecule has 1 saturated carbocycles. The predicted molar refractivity (Wildman–Crippen MR) is 123 cm³/mol. The van der Waals surface area contributed by atoms with Gasteiger partial charge in [-0.2, -0.15) is 15.0 Å². The number of rotatable bonds is 4. The molecule has 1 aliphatic heterocycles. The number of carbonyl (C=O) groups excluding carboxylic acids is 1. The summed E-state index contributed by atoms with van der Waals surface area (Å²) < 4.78 is 1.34. The lowest BCUT2D eigenvalue weighted by Crippen LogP contribution is -2.54. The van der Waals surface area contributed by atoms with Crippen LogP contribution in [0.5, 0.6) is 5.88 Å². The van der Waals surface area contributed by atoms with Crippen molar-refractivity contribution in [2.75, 3.05) is 19.6 Å². The number of aromatic hydroxyl groups is 1. The van der Waals surface area contributed by atoms with Gasteiger partial charge in [0, 0.05) is 37.9 Å². The van der Waals surface area contributed by atoms with E-state index in [0.717, 1.165) is 30.8 Å². The second-order valence-electron chi connectivity index (χ2n) is 8.91. The largest absolute Gasteiger partial charge is 0.493 e. The molecule has 0 radical (unpaired) electrons. The number of aromatic nitrogens is 3. The second kappa shape index (κ2) is 8.34. The maximum absolute atomic E-state index is 13.0. The average molecular weight is 443 g/mol. The van der Waals surface area contributed by atoms with Crippen LogP contribution in [0.25, 0.3) is 16.9 Å². The molecule has 1 atom stereocenters. The number of hydrogen-bond acceptors (Lipinski definition) is 6. The van der Waals surface area contributed by atoms with Gasteiger partial charge < -0.3 is 10.0 Å². The lowest BCUT2D eigenvalue weighted by molar-refractivity contribution is 0.0493. The first-order chi connectivity index (χ1) is 16.0. The summed E-state index contributed by atoms with van der Waals surface area (Å²) in [5.41, 5.74) is 3.31. The smallest absolute Gasteiger partial charge is 0.255 e. The summed E-state index contributed by atoms with van der Waals surface area (Å²) in [5.74, 6) is 0.364. The summed E-state index contributed by atoms with van der Waals surface area (Å²) in [5, 5.41) is 24.1. The highest BCUT2D eigenvalue weighted by Gasteiger charge is 2.36. The van der Waals surface area contributed by atoms with E-state index in [9.17, 15) is 9.90 Å². The number of benzene rings is 1. The highest BCUT2D eigenvalue weighted by Crippen LogP contribution is 2.33. The van der Waals surface area contributed by atoms with E-state index < -0.39 is 0 Å². The third-order valence-electron chi connectivity index (χ3n) is 6.58. The van der Waals surface area contributed by atoms with Crippen molar-refractivity contribution in [3.8, 4) is 28.9 Å². The second-order valence-corrected chi connectivity index (χ2v) is 8.91. The fourth-order valence-electron chi connectivity index (χ4n) is 4.66. The summed E-state index contributed by atoms with van der Waals surface area (Å²) in [6.45, 7) is 6.45. The molecule has 0 bridgehead atoms. The first-order valence-electron chi connectivity index (χ1n) is 11.3. The SMILES string of the molecule is Cc1cc(C#N)ccc1-c1cnn(-c2ccc(C(=O)N3CCN(C4CC4)[C@H](C)C3)cn2)c1O. The number of pyridine rings is 1. The Hall–Kier alpha value is -3.70. The van der Waals surface area contributed by atoms with Crippen LogP contribution in [-0.4, -0.2) is 67.3 Å². The van der Waals surface area contributed by atoms with Gasteiger partial charge in [0.15, 0.2) is 5.82 Å². The van der Waals surface area contributed by atoms with E-state index in [1.807, 2.05) is 11.8 Å². The minimum absolute atomic E-state index is 0.0186. The fourth-order valence-corrected chi connectivity index (χ4v) is 4.66. The summed E-state index contributed by atoms with van der Waals surface area (Å²) in [4.78, 5) is 21.8. The molecule has 8 heteroatoms. The first-order valence-corrected chi connectivity index (χ1v) is 11.3. The van der Waals surface area contributed by atoms with E-state index in [1.54, 1.807) is 42.7 Å². The van der Waals surface area contributed by atoms with Crippen molar-refractivity contribution in [2.45, 2.75) is 38.8 Å². The highest BCUT2D eigenvalue weighted by molar-refractivity contribution is 5.94. The van der Waals surface area contributed by atoms with Gasteiger partial charge in [0.1, 0.15) is 0 Å². The third kappa shape index (κ3) is 3.96. The Kier molecular flexibility index (Phi) is 5.35. The maximum Gasteiger partial charge on any atom is 0.255 e. The van der Waals surface area contributed by atoms with Gasteiger partial charge >= 0.3 is 0 Å². The third-order valence-corrected chi connectivity index (χ3v) is 6.58. The molecule has 0 spiro atoms. The minimum atomic E-state index is -0.0422. The van der Waals surface area contributed by atoms with Gasteiger partial charge in [-0.05, 0) is 62.1 Å². The van der Waals surface area contributed by atoms with E-state index >= 15 is 0 Å². The van der Waals surface area contributed by atoms with Crippen LogP contribution < -0.4 is 0 Å². The molecule has 2 fully saturated rings. The van der Waals surface area contributed by atoms with Crippen LogP contribution in [-0.2, 0) is 0 Å². The predicted octanol–water partition coefficient (Wildman–Crippen LogP) is 3.13. The lowest BCUT2D eigenvalue weighted by atomic mass is 10.0. The molecule has 168 valence electrons. The fraction of sp³-hybridized carbons (Fsp3) is 0.360. The average Bonchev–Trinajstić information content (AvgIpc) is 3.60. The van der Waals surface area contributed by atoms with Gasteiger partial charge in [-0.1, -0.05) is 6.07 Å². The Bertz CT molecular complexity index is 1240. The molecular weight excluding hydrogens is 416 g/mol. The van der Waals surface area contributed by atoms with Crippen LogP contribution in [0.15, 0.2) is 42.7 Å². The minimum Gasteiger partial charge on any atom is -0.493 e. The van der Waals surface area contributed by atoms with Crippen molar-refractivity contribution in [1.82, 2.24) is 24.6 Å². The molecule has 1 amide bonds. The Morgan fingerprint density at radius 3 is 2.61 bits per heavy atom. The number of carbonyl (C=O) groups is 1. The molecule has 0 unspecified atom stereocenters. The monoisotopic (exact) mass is 442 g/mol. The number of hydrogen-bond donors (Lipinski definition) is 1. The quantitative estimate of drug-likeness (QED) is 0.667. The Morgan fingerprint density at radius 2 is 1.97 bits per heavy atom. The number of nitrogens with zero attached hydrogens (tertiary/aromatic N) is 6. The molecule has 1 aromatic carbocycles. The zero-order valence-corrected chi connectivity index (χ0v) is 18.8. The highest BCUT2D eigenvalue weighted by atomic mass is 16.3. The Balaban J connectivity index is 1.33. The van der Waals surface area contributed by atoms with Crippen molar-refractivity contribution in [1.29, 1.82) is 5.26 Å². The van der Waals surface area contributed by atoms with Crippen LogP contribution in [0.1, 0.15) is 41.3 Å². The maximum atomic E-state index is 13.0. The molecule has 2 aliphatic rings. The summed E-state index contributed by atoms with van der Waals surface area (Å²) in [7, 11) is 0. The molecule has 1 aliphatic carbocycles. The molecule has 3 heterocycles. The summed E-state index contributed by atoms with van der Waals surface area (Å²) in [6.07, 6.45) is 5.67. The van der Waals surface area contributed by atoms with Crippen LogP contribution in [0.2, 0.25) is 0 Å². The van der Waals surface area contributed by atoms with Crippen molar-refractivity contribution >= 4 is 5.91 Å². The number of piperazine rings is 1. The molecule has 2 aromatic heterocycles. The van der Waals surface area contributed by atoms with Crippen molar-refractivity contribution in [3.63, 3.8) is 0 Å². The summed E-state index contributed by atoms with van der Waals surface area (Å²) >= 11 is 0. The van der Waals surface area contributed by atoms with E-state index in [1.165, 1.54) is 17.5 Å². The van der Waals surface area contributed by atoms with Crippen LogP contribution in [0.4, 0.5) is 0 Å². The van der Waals surface area contributed by atoms with E-state index in [4.69, 9.17) is 5.26 Å². The lowest BCUT2D eigenvalue weighted by Gasteiger charge is -2.40. The topological polar surface area (TPSA) is 98.3 Å². The summed E-state index contributed by atoms with van der Waals surface area (Å²) in [6, 6.07) is 11.9. The number of nitriles is 1. The molecular formula is C25H26N6O2. The van der Waals surface area contributed by atoms with Crippen molar-refractivity contribution in [3.05, 3.63) is 59.4 Å². The van der Waals surface area contributed by atoms with Crippen molar-refractivity contribution < 1.29 is 9.90 Å². The first kappa shape index (κ1) is 21.2.